The van der Waals surface area contributed by atoms with Crippen LogP contribution in [-0.4, -0.2) is 71.6 Å². The second-order valence-corrected chi connectivity index (χ2v) is 10.3. The van der Waals surface area contributed by atoms with Gasteiger partial charge in [0, 0.05) is 24.2 Å². The number of aromatic nitrogens is 1. The van der Waals surface area contributed by atoms with E-state index in [1.807, 2.05) is 62.4 Å². The zero-order valence-corrected chi connectivity index (χ0v) is 24.0. The fourth-order valence-corrected chi connectivity index (χ4v) is 5.05. The Bertz CT molecular complexity index is 1360. The molecule has 3 aromatic rings. The number of imide groups is 1. The lowest BCUT2D eigenvalue weighted by molar-refractivity contribution is -0.143. The van der Waals surface area contributed by atoms with Crippen LogP contribution in [0.25, 0.3) is 10.8 Å². The van der Waals surface area contributed by atoms with Crippen LogP contribution in [0.3, 0.4) is 0 Å². The van der Waals surface area contributed by atoms with Gasteiger partial charge in [0.25, 0.3) is 0 Å². The predicted octanol–water partition coefficient (Wildman–Crippen LogP) is 3.91. The first kappa shape index (κ1) is 29.8. The first-order valence-electron chi connectivity index (χ1n) is 14.1. The summed E-state index contributed by atoms with van der Waals surface area (Å²) in [7, 11) is 1.59. The standard InChI is InChI=1S/C31H39N5O5/c1-4-16-41-28(37)19-34-27(18-22-7-10-25(40-3)11-8-22)30(38)36(31(39)35-15-5-6-21(35)2)20-23-9-12-26-24(17-23)13-14-33-29(26)32/h7-14,17,21,27,34H,4-6,15-16,18-20H2,1-3H3,(H2,32,33)/t21-,27-/m1/s1. The highest BCUT2D eigenvalue weighted by molar-refractivity contribution is 5.98. The first-order valence-corrected chi connectivity index (χ1v) is 14.1. The van der Waals surface area contributed by atoms with Gasteiger partial charge in [-0.3, -0.25) is 19.8 Å². The van der Waals surface area contributed by atoms with Gasteiger partial charge >= 0.3 is 12.0 Å². The van der Waals surface area contributed by atoms with Crippen LogP contribution in [0.2, 0.25) is 0 Å². The second kappa shape index (κ2) is 13.9. The van der Waals surface area contributed by atoms with Gasteiger partial charge in [0.1, 0.15) is 11.6 Å². The van der Waals surface area contributed by atoms with Gasteiger partial charge in [-0.05, 0) is 73.4 Å². The van der Waals surface area contributed by atoms with Crippen molar-refractivity contribution < 1.29 is 23.9 Å². The molecule has 10 heteroatoms. The van der Waals surface area contributed by atoms with Crippen molar-refractivity contribution in [2.24, 2.45) is 0 Å². The lowest BCUT2D eigenvalue weighted by Gasteiger charge is -2.32. The van der Waals surface area contributed by atoms with Gasteiger partial charge in [-0.1, -0.05) is 31.2 Å². The molecule has 0 bridgehead atoms. The molecule has 218 valence electrons. The minimum Gasteiger partial charge on any atom is -0.497 e. The SMILES string of the molecule is CCCOC(=O)CN[C@H](Cc1ccc(OC)cc1)C(=O)N(Cc1ccc2c(N)nccc2c1)C(=O)N1CCC[C@H]1C. The average molecular weight is 562 g/mol. The maximum absolute atomic E-state index is 14.2. The van der Waals surface area contributed by atoms with E-state index < -0.39 is 17.9 Å². The van der Waals surface area contributed by atoms with E-state index in [1.165, 1.54) is 4.90 Å². The Morgan fingerprint density at radius 1 is 1.15 bits per heavy atom. The predicted molar refractivity (Wildman–Crippen MR) is 157 cm³/mol. The maximum atomic E-state index is 14.2. The normalized spacial score (nSPS) is 15.5. The molecule has 0 radical (unpaired) electrons. The molecule has 4 rings (SSSR count). The van der Waals surface area contributed by atoms with Crippen molar-refractivity contribution in [2.45, 2.75) is 58.2 Å². The molecule has 1 fully saturated rings. The Labute approximate surface area is 240 Å². The van der Waals surface area contributed by atoms with E-state index in [1.54, 1.807) is 18.2 Å². The number of methoxy groups -OCH3 is 1. The topological polar surface area (TPSA) is 127 Å². The molecular weight excluding hydrogens is 522 g/mol. The lowest BCUT2D eigenvalue weighted by atomic mass is 10.0. The van der Waals surface area contributed by atoms with Crippen LogP contribution in [0.1, 0.15) is 44.2 Å². The molecule has 3 amide bonds. The molecule has 0 spiro atoms. The Hall–Kier alpha value is -4.18. The van der Waals surface area contributed by atoms with Gasteiger partial charge in [-0.25, -0.2) is 9.78 Å². The molecule has 0 aliphatic carbocycles. The second-order valence-electron chi connectivity index (χ2n) is 10.3. The van der Waals surface area contributed by atoms with Crippen molar-refractivity contribution in [1.29, 1.82) is 0 Å². The summed E-state index contributed by atoms with van der Waals surface area (Å²) >= 11 is 0. The summed E-state index contributed by atoms with van der Waals surface area (Å²) in [5.74, 6) is 0.246. The van der Waals surface area contributed by atoms with Crippen LogP contribution in [0.15, 0.2) is 54.7 Å². The number of nitrogens with zero attached hydrogens (tertiary/aromatic N) is 3. The van der Waals surface area contributed by atoms with E-state index in [9.17, 15) is 14.4 Å². The molecule has 2 aromatic carbocycles. The Morgan fingerprint density at radius 2 is 1.90 bits per heavy atom. The molecule has 0 unspecified atom stereocenters. The van der Waals surface area contributed by atoms with Gasteiger partial charge < -0.3 is 20.1 Å². The number of rotatable bonds is 11. The molecule has 2 heterocycles. The van der Waals surface area contributed by atoms with Crippen LogP contribution in [-0.2, 0) is 27.3 Å². The summed E-state index contributed by atoms with van der Waals surface area (Å²) in [5.41, 5.74) is 7.67. The number of hydrogen-bond donors (Lipinski definition) is 2. The molecule has 1 aromatic heterocycles. The van der Waals surface area contributed by atoms with Crippen molar-refractivity contribution in [3.05, 3.63) is 65.9 Å². The number of carbonyl (C=O) groups is 3. The van der Waals surface area contributed by atoms with Crippen LogP contribution in [0.5, 0.6) is 5.75 Å². The van der Waals surface area contributed by atoms with E-state index in [4.69, 9.17) is 15.2 Å². The summed E-state index contributed by atoms with van der Waals surface area (Å²) in [5, 5.41) is 4.75. The van der Waals surface area contributed by atoms with Gasteiger partial charge in [-0.15, -0.1) is 0 Å². The zero-order valence-electron chi connectivity index (χ0n) is 24.0. The van der Waals surface area contributed by atoms with E-state index >= 15 is 0 Å². The molecule has 2 atom stereocenters. The minimum atomic E-state index is -0.847. The smallest absolute Gasteiger partial charge is 0.327 e. The number of likely N-dealkylation sites (tertiary alicyclic amines) is 1. The maximum Gasteiger partial charge on any atom is 0.327 e. The third-order valence-electron chi connectivity index (χ3n) is 7.35. The number of pyridine rings is 1. The van der Waals surface area contributed by atoms with Crippen molar-refractivity contribution in [3.8, 4) is 5.75 Å². The highest BCUT2D eigenvalue weighted by Gasteiger charge is 2.35. The van der Waals surface area contributed by atoms with Crippen molar-refractivity contribution in [3.63, 3.8) is 0 Å². The van der Waals surface area contributed by atoms with E-state index in [0.717, 1.165) is 34.7 Å². The highest BCUT2D eigenvalue weighted by atomic mass is 16.5. The number of nitrogen functional groups attached to an aromatic ring is 1. The molecule has 10 nitrogen and oxygen atoms in total. The molecule has 3 N–H and O–H groups in total. The van der Waals surface area contributed by atoms with Crippen LogP contribution < -0.4 is 15.8 Å². The third-order valence-corrected chi connectivity index (χ3v) is 7.35. The average Bonchev–Trinajstić information content (AvgIpc) is 3.42. The Kier molecular flexibility index (Phi) is 10.1. The fraction of sp³-hybridized carbons (Fsp3) is 0.419. The third kappa shape index (κ3) is 7.52. The number of amides is 3. The quantitative estimate of drug-likeness (QED) is 0.338. The van der Waals surface area contributed by atoms with Crippen molar-refractivity contribution >= 4 is 34.5 Å². The largest absolute Gasteiger partial charge is 0.497 e. The number of urea groups is 1. The van der Waals surface area contributed by atoms with Gasteiger partial charge in [0.05, 0.1) is 32.8 Å². The molecular formula is C31H39N5O5. The van der Waals surface area contributed by atoms with Crippen molar-refractivity contribution in [1.82, 2.24) is 20.1 Å². The highest BCUT2D eigenvalue weighted by Crippen LogP contribution is 2.24. The molecule has 41 heavy (non-hydrogen) atoms. The van der Waals surface area contributed by atoms with Crippen LogP contribution in [0, 0.1) is 0 Å². The number of anilines is 1. The number of carbonyl (C=O) groups excluding carboxylic acids is 3. The Morgan fingerprint density at radius 3 is 2.59 bits per heavy atom. The molecule has 1 saturated heterocycles. The first-order chi connectivity index (χ1) is 19.8. The van der Waals surface area contributed by atoms with Crippen molar-refractivity contribution in [2.75, 3.05) is 32.5 Å². The summed E-state index contributed by atoms with van der Waals surface area (Å²) in [6.07, 6.45) is 4.36. The summed E-state index contributed by atoms with van der Waals surface area (Å²) < 4.78 is 10.5. The van der Waals surface area contributed by atoms with Gasteiger partial charge in [0.15, 0.2) is 0 Å². The van der Waals surface area contributed by atoms with Crippen LogP contribution in [0.4, 0.5) is 10.6 Å². The molecule has 1 aliphatic heterocycles. The number of nitrogens with one attached hydrogen (secondary N) is 1. The fourth-order valence-electron chi connectivity index (χ4n) is 5.05. The zero-order chi connectivity index (χ0) is 29.4. The molecule has 0 saturated carbocycles. The number of benzene rings is 2. The van der Waals surface area contributed by atoms with Gasteiger partial charge in [0.2, 0.25) is 5.91 Å². The molecule has 1 aliphatic rings. The monoisotopic (exact) mass is 561 g/mol. The number of hydrogen-bond acceptors (Lipinski definition) is 8. The van der Waals surface area contributed by atoms with Gasteiger partial charge in [-0.2, -0.15) is 0 Å². The number of ether oxygens (including phenoxy) is 2. The summed E-state index contributed by atoms with van der Waals surface area (Å²) in [6, 6.07) is 13.7. The van der Waals surface area contributed by atoms with E-state index in [-0.39, 0.29) is 31.6 Å². The lowest BCUT2D eigenvalue weighted by Crippen LogP contribution is -2.54. The summed E-state index contributed by atoms with van der Waals surface area (Å²) in [6.45, 7) is 4.71. The number of nitrogens with two attached hydrogens (primary N) is 1. The summed E-state index contributed by atoms with van der Waals surface area (Å²) in [4.78, 5) is 47.7. The minimum absolute atomic E-state index is 0.0253. The Balaban J connectivity index is 1.64. The number of esters is 1. The number of fused-ring (bicyclic) bond motifs is 1. The van der Waals surface area contributed by atoms with E-state index in [0.29, 0.717) is 31.1 Å². The van der Waals surface area contributed by atoms with Crippen LogP contribution >= 0.6 is 0 Å². The van der Waals surface area contributed by atoms with E-state index in [2.05, 4.69) is 10.3 Å².